The van der Waals surface area contributed by atoms with E-state index in [2.05, 4.69) is 4.74 Å². The number of carbonyl (C=O) groups excluding carboxylic acids is 1. The average molecular weight is 211 g/mol. The van der Waals surface area contributed by atoms with Crippen LogP contribution in [0, 0.1) is 12.7 Å². The molecular weight excluding hydrogens is 197 g/mol. The van der Waals surface area contributed by atoms with Crippen molar-refractivity contribution in [1.82, 2.24) is 0 Å². The number of aryl methyl sites for hydroxylation is 1. The minimum absolute atomic E-state index is 0.153. The molecule has 0 aromatic heterocycles. The Kier molecular flexibility index (Phi) is 3.80. The van der Waals surface area contributed by atoms with Crippen LogP contribution in [0.1, 0.15) is 11.1 Å². The van der Waals surface area contributed by atoms with Crippen LogP contribution in [0.2, 0.25) is 0 Å². The quantitative estimate of drug-likeness (QED) is 0.764. The Morgan fingerprint density at radius 3 is 2.87 bits per heavy atom. The van der Waals surface area contributed by atoms with Crippen LogP contribution in [0.4, 0.5) is 4.39 Å². The fraction of sp³-hybridized carbons (Fsp3) is 0.364. The van der Waals surface area contributed by atoms with Crippen molar-refractivity contribution in [2.75, 3.05) is 7.11 Å². The third-order valence-electron chi connectivity index (χ3n) is 2.22. The monoisotopic (exact) mass is 211 g/mol. The second kappa shape index (κ2) is 4.89. The van der Waals surface area contributed by atoms with Crippen molar-refractivity contribution in [2.24, 2.45) is 5.73 Å². The van der Waals surface area contributed by atoms with Crippen LogP contribution < -0.4 is 5.73 Å². The maximum Gasteiger partial charge on any atom is 0.322 e. The summed E-state index contributed by atoms with van der Waals surface area (Å²) in [6.07, 6.45) is 0.153. The molecule has 0 aliphatic heterocycles. The molecular formula is C11H14FNO2. The van der Waals surface area contributed by atoms with Crippen LogP contribution in [0.5, 0.6) is 0 Å². The van der Waals surface area contributed by atoms with Gasteiger partial charge in [0.25, 0.3) is 0 Å². The number of methoxy groups -OCH3 is 1. The molecule has 4 heteroatoms. The predicted molar refractivity (Wildman–Crippen MR) is 54.8 cm³/mol. The van der Waals surface area contributed by atoms with E-state index in [0.717, 1.165) is 0 Å². The van der Waals surface area contributed by atoms with Gasteiger partial charge in [-0.05, 0) is 18.1 Å². The van der Waals surface area contributed by atoms with Crippen LogP contribution in [0.15, 0.2) is 18.2 Å². The molecule has 0 saturated heterocycles. The van der Waals surface area contributed by atoms with Gasteiger partial charge in [-0.25, -0.2) is 4.39 Å². The first-order chi connectivity index (χ1) is 7.06. The minimum Gasteiger partial charge on any atom is -0.468 e. The Bertz CT molecular complexity index is 366. The van der Waals surface area contributed by atoms with Crippen molar-refractivity contribution in [3.05, 3.63) is 35.1 Å². The number of carbonyl (C=O) groups is 1. The lowest BCUT2D eigenvalue weighted by Gasteiger charge is -2.10. The smallest absolute Gasteiger partial charge is 0.322 e. The minimum atomic E-state index is -0.814. The molecule has 1 rings (SSSR count). The Hall–Kier alpha value is -1.42. The van der Waals surface area contributed by atoms with Gasteiger partial charge in [-0.3, -0.25) is 4.79 Å². The van der Waals surface area contributed by atoms with Crippen molar-refractivity contribution in [1.29, 1.82) is 0 Å². The molecule has 0 aliphatic carbocycles. The van der Waals surface area contributed by atoms with Crippen LogP contribution in [0.25, 0.3) is 0 Å². The molecule has 0 spiro atoms. The Morgan fingerprint density at radius 1 is 1.60 bits per heavy atom. The zero-order valence-electron chi connectivity index (χ0n) is 8.79. The van der Waals surface area contributed by atoms with Gasteiger partial charge in [0.15, 0.2) is 0 Å². The van der Waals surface area contributed by atoms with Crippen molar-refractivity contribution < 1.29 is 13.9 Å². The van der Waals surface area contributed by atoms with E-state index in [4.69, 9.17) is 5.73 Å². The van der Waals surface area contributed by atoms with E-state index in [1.807, 2.05) is 0 Å². The van der Waals surface area contributed by atoms with Crippen LogP contribution in [-0.4, -0.2) is 19.1 Å². The van der Waals surface area contributed by atoms with E-state index in [-0.39, 0.29) is 12.2 Å². The molecule has 0 radical (unpaired) electrons. The maximum atomic E-state index is 13.5. The highest BCUT2D eigenvalue weighted by Crippen LogP contribution is 2.13. The van der Waals surface area contributed by atoms with E-state index < -0.39 is 12.0 Å². The topological polar surface area (TPSA) is 52.3 Å². The number of halogens is 1. The molecule has 2 N–H and O–H groups in total. The fourth-order valence-corrected chi connectivity index (χ4v) is 1.34. The van der Waals surface area contributed by atoms with E-state index >= 15 is 0 Å². The van der Waals surface area contributed by atoms with Gasteiger partial charge in [-0.1, -0.05) is 18.2 Å². The SMILES string of the molecule is COC(=O)[C@@H](N)Cc1cccc(C)c1F. The molecule has 3 nitrogen and oxygen atoms in total. The molecule has 0 fully saturated rings. The first kappa shape index (κ1) is 11.7. The summed E-state index contributed by atoms with van der Waals surface area (Å²) in [7, 11) is 1.26. The van der Waals surface area contributed by atoms with Crippen LogP contribution >= 0.6 is 0 Å². The number of hydrogen-bond donors (Lipinski definition) is 1. The summed E-state index contributed by atoms with van der Waals surface area (Å²) in [5.41, 5.74) is 6.52. The van der Waals surface area contributed by atoms with E-state index in [9.17, 15) is 9.18 Å². The average Bonchev–Trinajstić information content (AvgIpc) is 2.23. The number of rotatable bonds is 3. The molecule has 1 aromatic carbocycles. The normalized spacial score (nSPS) is 12.3. The lowest BCUT2D eigenvalue weighted by Crippen LogP contribution is -2.33. The van der Waals surface area contributed by atoms with Gasteiger partial charge in [0.2, 0.25) is 0 Å². The van der Waals surface area contributed by atoms with Crippen molar-refractivity contribution in [3.8, 4) is 0 Å². The van der Waals surface area contributed by atoms with Crippen molar-refractivity contribution in [3.63, 3.8) is 0 Å². The third kappa shape index (κ3) is 2.76. The van der Waals surface area contributed by atoms with Gasteiger partial charge in [0.1, 0.15) is 11.9 Å². The standard InChI is InChI=1S/C11H14FNO2/c1-7-4-3-5-8(10(7)12)6-9(13)11(14)15-2/h3-5,9H,6,13H2,1-2H3/t9-/m0/s1. The Morgan fingerprint density at radius 2 is 2.27 bits per heavy atom. The highest BCUT2D eigenvalue weighted by molar-refractivity contribution is 5.75. The largest absolute Gasteiger partial charge is 0.468 e. The summed E-state index contributed by atoms with van der Waals surface area (Å²) < 4.78 is 18.0. The van der Waals surface area contributed by atoms with Gasteiger partial charge < -0.3 is 10.5 Å². The van der Waals surface area contributed by atoms with E-state index in [1.165, 1.54) is 7.11 Å². The second-order valence-electron chi connectivity index (χ2n) is 3.38. The molecule has 0 unspecified atom stereocenters. The summed E-state index contributed by atoms with van der Waals surface area (Å²) in [6.45, 7) is 1.67. The summed E-state index contributed by atoms with van der Waals surface area (Å²) in [6, 6.07) is 4.21. The highest BCUT2D eigenvalue weighted by atomic mass is 19.1. The van der Waals surface area contributed by atoms with Gasteiger partial charge >= 0.3 is 5.97 Å². The Balaban J connectivity index is 2.81. The zero-order valence-corrected chi connectivity index (χ0v) is 8.79. The number of benzene rings is 1. The zero-order chi connectivity index (χ0) is 11.4. The lowest BCUT2D eigenvalue weighted by molar-refractivity contribution is -0.142. The summed E-state index contributed by atoms with van der Waals surface area (Å²) >= 11 is 0. The van der Waals surface area contributed by atoms with E-state index in [1.54, 1.807) is 25.1 Å². The first-order valence-corrected chi connectivity index (χ1v) is 4.63. The summed E-state index contributed by atoms with van der Waals surface area (Å²) in [4.78, 5) is 11.0. The van der Waals surface area contributed by atoms with Crippen molar-refractivity contribution >= 4 is 5.97 Å². The van der Waals surface area contributed by atoms with Gasteiger partial charge in [-0.2, -0.15) is 0 Å². The molecule has 0 amide bonds. The molecule has 15 heavy (non-hydrogen) atoms. The molecule has 0 bridgehead atoms. The van der Waals surface area contributed by atoms with Gasteiger partial charge in [0.05, 0.1) is 7.11 Å². The highest BCUT2D eigenvalue weighted by Gasteiger charge is 2.16. The number of ether oxygens (including phenoxy) is 1. The maximum absolute atomic E-state index is 13.5. The third-order valence-corrected chi connectivity index (χ3v) is 2.22. The molecule has 1 atom stereocenters. The fourth-order valence-electron chi connectivity index (χ4n) is 1.34. The molecule has 0 saturated carbocycles. The summed E-state index contributed by atoms with van der Waals surface area (Å²) in [5, 5.41) is 0. The molecule has 1 aromatic rings. The van der Waals surface area contributed by atoms with Crippen molar-refractivity contribution in [2.45, 2.75) is 19.4 Å². The molecule has 82 valence electrons. The Labute approximate surface area is 88.0 Å². The molecule has 0 heterocycles. The second-order valence-corrected chi connectivity index (χ2v) is 3.38. The molecule has 0 aliphatic rings. The van der Waals surface area contributed by atoms with Crippen LogP contribution in [0.3, 0.4) is 0 Å². The van der Waals surface area contributed by atoms with E-state index in [0.29, 0.717) is 11.1 Å². The number of esters is 1. The predicted octanol–water partition coefficient (Wildman–Crippen LogP) is 1.18. The summed E-state index contributed by atoms with van der Waals surface area (Å²) in [5.74, 6) is -0.840. The van der Waals surface area contributed by atoms with Crippen LogP contribution in [-0.2, 0) is 16.0 Å². The number of hydrogen-bond acceptors (Lipinski definition) is 3. The van der Waals surface area contributed by atoms with Gasteiger partial charge in [-0.15, -0.1) is 0 Å². The first-order valence-electron chi connectivity index (χ1n) is 4.63. The van der Waals surface area contributed by atoms with Gasteiger partial charge in [0, 0.05) is 6.42 Å². The number of nitrogens with two attached hydrogens (primary N) is 1. The lowest BCUT2D eigenvalue weighted by atomic mass is 10.0.